The van der Waals surface area contributed by atoms with E-state index in [1.807, 2.05) is 30.3 Å². The van der Waals surface area contributed by atoms with Gasteiger partial charge in [0.05, 0.1) is 17.6 Å². The van der Waals surface area contributed by atoms with Gasteiger partial charge in [0.15, 0.2) is 0 Å². The Kier molecular flexibility index (Phi) is 4.52. The van der Waals surface area contributed by atoms with Crippen LogP contribution in [-0.2, 0) is 4.74 Å². The fourth-order valence-electron chi connectivity index (χ4n) is 2.49. The molecule has 0 aliphatic carbocycles. The fourth-order valence-corrected chi connectivity index (χ4v) is 3.36. The summed E-state index contributed by atoms with van der Waals surface area (Å²) < 4.78 is 5.16. The Morgan fingerprint density at radius 2 is 2.00 bits per heavy atom. The van der Waals surface area contributed by atoms with Gasteiger partial charge in [0, 0.05) is 17.6 Å². The van der Waals surface area contributed by atoms with Gasteiger partial charge in [-0.15, -0.1) is 11.3 Å². The minimum absolute atomic E-state index is 0.334. The third-order valence-corrected chi connectivity index (χ3v) is 4.37. The second-order valence-electron chi connectivity index (χ2n) is 4.83. The van der Waals surface area contributed by atoms with Crippen molar-refractivity contribution in [3.63, 3.8) is 0 Å². The number of rotatable bonds is 5. The highest BCUT2D eigenvalue weighted by molar-refractivity contribution is 7.17. The number of aromatic nitrogens is 2. The number of anilines is 2. The van der Waals surface area contributed by atoms with Crippen LogP contribution in [0.2, 0.25) is 0 Å². The number of thiophene rings is 1. The molecule has 5 nitrogen and oxygen atoms in total. The Bertz CT molecular complexity index is 817. The number of hydrogen-bond donors (Lipinski definition) is 0. The lowest BCUT2D eigenvalue weighted by atomic mass is 10.2. The number of carbonyl (C=O) groups is 1. The molecule has 3 aromatic rings. The average Bonchev–Trinajstić information content (AvgIpc) is 3.02. The number of carbonyl (C=O) groups excluding carboxylic acids is 1. The van der Waals surface area contributed by atoms with Gasteiger partial charge in [0.25, 0.3) is 0 Å². The number of para-hydroxylation sites is 1. The zero-order valence-electron chi connectivity index (χ0n) is 13.0. The van der Waals surface area contributed by atoms with Crippen LogP contribution in [0.5, 0.6) is 0 Å². The largest absolute Gasteiger partial charge is 0.462 e. The molecule has 0 radical (unpaired) electrons. The normalized spacial score (nSPS) is 10.7. The van der Waals surface area contributed by atoms with Gasteiger partial charge in [0.1, 0.15) is 17.0 Å². The van der Waals surface area contributed by atoms with Crippen LogP contribution >= 0.6 is 11.3 Å². The molecular formula is C17H17N3O2S. The Labute approximate surface area is 138 Å². The van der Waals surface area contributed by atoms with E-state index in [9.17, 15) is 4.79 Å². The summed E-state index contributed by atoms with van der Waals surface area (Å²) in [6.45, 7) is 4.92. The molecule has 0 aliphatic rings. The second kappa shape index (κ2) is 6.75. The third-order valence-electron chi connectivity index (χ3n) is 3.49. The van der Waals surface area contributed by atoms with E-state index in [4.69, 9.17) is 4.74 Å². The molecular weight excluding hydrogens is 310 g/mol. The van der Waals surface area contributed by atoms with Gasteiger partial charge >= 0.3 is 5.97 Å². The van der Waals surface area contributed by atoms with Crippen molar-refractivity contribution in [2.75, 3.05) is 18.1 Å². The average molecular weight is 327 g/mol. The number of nitrogens with zero attached hydrogens (tertiary/aromatic N) is 3. The maximum atomic E-state index is 12.2. The van der Waals surface area contributed by atoms with Crippen molar-refractivity contribution in [3.05, 3.63) is 47.6 Å². The summed E-state index contributed by atoms with van der Waals surface area (Å²) in [7, 11) is 0. The van der Waals surface area contributed by atoms with Gasteiger partial charge in [0.2, 0.25) is 0 Å². The Morgan fingerprint density at radius 1 is 1.22 bits per heavy atom. The van der Waals surface area contributed by atoms with E-state index in [0.717, 1.165) is 28.3 Å². The molecule has 0 saturated heterocycles. The first kappa shape index (κ1) is 15.4. The van der Waals surface area contributed by atoms with E-state index in [1.54, 1.807) is 12.3 Å². The molecule has 23 heavy (non-hydrogen) atoms. The molecule has 1 aromatic carbocycles. The van der Waals surface area contributed by atoms with Crippen LogP contribution in [-0.4, -0.2) is 29.1 Å². The van der Waals surface area contributed by atoms with Crippen LogP contribution in [0.4, 0.5) is 11.5 Å². The molecule has 2 heterocycles. The highest BCUT2D eigenvalue weighted by Crippen LogP contribution is 2.34. The number of esters is 1. The number of benzene rings is 1. The van der Waals surface area contributed by atoms with E-state index in [-0.39, 0.29) is 5.97 Å². The van der Waals surface area contributed by atoms with E-state index in [2.05, 4.69) is 21.8 Å². The summed E-state index contributed by atoms with van der Waals surface area (Å²) in [5, 5.41) is 2.54. The first-order chi connectivity index (χ1) is 11.3. The van der Waals surface area contributed by atoms with Crippen molar-refractivity contribution < 1.29 is 9.53 Å². The van der Waals surface area contributed by atoms with Crippen LogP contribution in [0, 0.1) is 0 Å². The maximum absolute atomic E-state index is 12.2. The quantitative estimate of drug-likeness (QED) is 0.662. The topological polar surface area (TPSA) is 55.3 Å². The molecule has 0 fully saturated rings. The number of fused-ring (bicyclic) bond motifs is 1. The van der Waals surface area contributed by atoms with Gasteiger partial charge in [-0.1, -0.05) is 18.2 Å². The summed E-state index contributed by atoms with van der Waals surface area (Å²) >= 11 is 1.43. The predicted molar refractivity (Wildman–Crippen MR) is 92.5 cm³/mol. The maximum Gasteiger partial charge on any atom is 0.339 e. The third kappa shape index (κ3) is 2.90. The lowest BCUT2D eigenvalue weighted by Crippen LogP contribution is -2.18. The molecule has 3 rings (SSSR count). The van der Waals surface area contributed by atoms with Gasteiger partial charge in [-0.05, 0) is 26.0 Å². The lowest BCUT2D eigenvalue weighted by Gasteiger charge is -2.22. The second-order valence-corrected chi connectivity index (χ2v) is 5.69. The van der Waals surface area contributed by atoms with Gasteiger partial charge in [-0.3, -0.25) is 0 Å². The summed E-state index contributed by atoms with van der Waals surface area (Å²) in [6, 6.07) is 9.98. The lowest BCUT2D eigenvalue weighted by molar-refractivity contribution is 0.0529. The fraction of sp³-hybridized carbons (Fsp3) is 0.235. The van der Waals surface area contributed by atoms with Crippen molar-refractivity contribution in [3.8, 4) is 0 Å². The van der Waals surface area contributed by atoms with Crippen molar-refractivity contribution in [2.45, 2.75) is 13.8 Å². The molecule has 2 aromatic heterocycles. The van der Waals surface area contributed by atoms with E-state index in [1.165, 1.54) is 17.7 Å². The molecule has 0 unspecified atom stereocenters. The van der Waals surface area contributed by atoms with Crippen LogP contribution in [0.15, 0.2) is 42.0 Å². The molecule has 6 heteroatoms. The molecule has 0 bridgehead atoms. The smallest absolute Gasteiger partial charge is 0.339 e. The highest BCUT2D eigenvalue weighted by Gasteiger charge is 2.21. The monoisotopic (exact) mass is 327 g/mol. The summed E-state index contributed by atoms with van der Waals surface area (Å²) in [6.07, 6.45) is 1.54. The summed E-state index contributed by atoms with van der Waals surface area (Å²) in [5.41, 5.74) is 1.55. The van der Waals surface area contributed by atoms with Crippen LogP contribution in [0.25, 0.3) is 10.2 Å². The zero-order valence-corrected chi connectivity index (χ0v) is 13.8. The Balaban J connectivity index is 2.16. The molecule has 0 spiro atoms. The van der Waals surface area contributed by atoms with Gasteiger partial charge in [-0.25, -0.2) is 14.8 Å². The number of hydrogen-bond acceptors (Lipinski definition) is 6. The van der Waals surface area contributed by atoms with Crippen molar-refractivity contribution in [1.82, 2.24) is 9.97 Å². The molecule has 0 aliphatic heterocycles. The van der Waals surface area contributed by atoms with Crippen molar-refractivity contribution >= 4 is 39.0 Å². The van der Waals surface area contributed by atoms with Crippen LogP contribution in [0.1, 0.15) is 24.2 Å². The molecule has 0 N–H and O–H groups in total. The highest BCUT2D eigenvalue weighted by atomic mass is 32.1. The standard InChI is InChI=1S/C17H17N3O2S/c1-3-20(12-8-6-5-7-9-12)15-14-13(17(21)22-4-2)10-23-16(14)19-11-18-15/h5-11H,3-4H2,1-2H3. The first-order valence-corrected chi connectivity index (χ1v) is 8.36. The Morgan fingerprint density at radius 3 is 2.70 bits per heavy atom. The van der Waals surface area contributed by atoms with Crippen molar-refractivity contribution in [1.29, 1.82) is 0 Å². The minimum atomic E-state index is -0.334. The molecule has 118 valence electrons. The SMILES string of the molecule is CCOC(=O)c1csc2ncnc(N(CC)c3ccccc3)c12. The van der Waals surface area contributed by atoms with E-state index >= 15 is 0 Å². The molecule has 0 amide bonds. The van der Waals surface area contributed by atoms with Crippen molar-refractivity contribution in [2.24, 2.45) is 0 Å². The van der Waals surface area contributed by atoms with Crippen LogP contribution in [0.3, 0.4) is 0 Å². The summed E-state index contributed by atoms with van der Waals surface area (Å²) in [5.74, 6) is 0.395. The number of ether oxygens (including phenoxy) is 1. The van der Waals surface area contributed by atoms with Crippen LogP contribution < -0.4 is 4.90 Å². The van der Waals surface area contributed by atoms with Gasteiger partial charge in [-0.2, -0.15) is 0 Å². The van der Waals surface area contributed by atoms with Gasteiger partial charge < -0.3 is 9.64 Å². The first-order valence-electron chi connectivity index (χ1n) is 7.48. The summed E-state index contributed by atoms with van der Waals surface area (Å²) in [4.78, 5) is 23.8. The Hall–Kier alpha value is -2.47. The molecule has 0 atom stereocenters. The minimum Gasteiger partial charge on any atom is -0.462 e. The molecule has 0 saturated carbocycles. The predicted octanol–water partition coefficient (Wildman–Crippen LogP) is 4.03. The zero-order chi connectivity index (χ0) is 16.2. The van der Waals surface area contributed by atoms with E-state index in [0.29, 0.717) is 12.2 Å². The van der Waals surface area contributed by atoms with E-state index < -0.39 is 0 Å².